The van der Waals surface area contributed by atoms with Gasteiger partial charge in [-0.05, 0) is 38.1 Å². The normalized spacial score (nSPS) is 10.7. The third-order valence-electron chi connectivity index (χ3n) is 3.47. The molecule has 0 atom stereocenters. The highest BCUT2D eigenvalue weighted by Gasteiger charge is 2.17. The van der Waals surface area contributed by atoms with E-state index in [4.69, 9.17) is 9.47 Å². The first-order valence-electron chi connectivity index (χ1n) is 7.61. The first-order valence-corrected chi connectivity index (χ1v) is 7.61. The van der Waals surface area contributed by atoms with E-state index in [2.05, 4.69) is 4.98 Å². The first-order chi connectivity index (χ1) is 11.2. The van der Waals surface area contributed by atoms with Crippen LogP contribution in [0.4, 0.5) is 0 Å². The number of fused-ring (bicyclic) bond motifs is 1. The molecule has 0 saturated carbocycles. The Balaban J connectivity index is 2.04. The summed E-state index contributed by atoms with van der Waals surface area (Å²) in [5.74, 6) is 1.02. The number of hydrogen-bond acceptors (Lipinski definition) is 4. The summed E-state index contributed by atoms with van der Waals surface area (Å²) < 4.78 is 12.6. The van der Waals surface area contributed by atoms with Gasteiger partial charge in [-0.15, -0.1) is 0 Å². The summed E-state index contributed by atoms with van der Waals surface area (Å²) in [5.41, 5.74) is 2.04. The molecular formula is C18H18N2O3. The third-order valence-corrected chi connectivity index (χ3v) is 3.47. The van der Waals surface area contributed by atoms with E-state index >= 15 is 0 Å². The van der Waals surface area contributed by atoms with Gasteiger partial charge in [0.15, 0.2) is 0 Å². The molecule has 0 aliphatic rings. The second-order valence-electron chi connectivity index (χ2n) is 4.93. The average Bonchev–Trinajstić information content (AvgIpc) is 2.99. The molecule has 3 aromatic rings. The summed E-state index contributed by atoms with van der Waals surface area (Å²) >= 11 is 0. The molecule has 3 rings (SSSR count). The smallest absolute Gasteiger partial charge is 0.267 e. The van der Waals surface area contributed by atoms with E-state index < -0.39 is 0 Å². The Morgan fingerprint density at radius 1 is 1.09 bits per heavy atom. The summed E-state index contributed by atoms with van der Waals surface area (Å²) in [6.07, 6.45) is 1.54. The van der Waals surface area contributed by atoms with Crippen molar-refractivity contribution in [3.63, 3.8) is 0 Å². The van der Waals surface area contributed by atoms with Crippen LogP contribution in [-0.4, -0.2) is 28.7 Å². The summed E-state index contributed by atoms with van der Waals surface area (Å²) in [7, 11) is 0. The fourth-order valence-corrected chi connectivity index (χ4v) is 2.46. The van der Waals surface area contributed by atoms with E-state index in [-0.39, 0.29) is 5.91 Å². The van der Waals surface area contributed by atoms with E-state index in [0.29, 0.717) is 30.3 Å². The maximum Gasteiger partial charge on any atom is 0.267 e. The maximum atomic E-state index is 12.9. The van der Waals surface area contributed by atoms with Gasteiger partial charge in [-0.3, -0.25) is 9.36 Å². The zero-order valence-corrected chi connectivity index (χ0v) is 13.2. The Kier molecular flexibility index (Phi) is 4.28. The van der Waals surface area contributed by atoms with Crippen molar-refractivity contribution in [2.45, 2.75) is 13.8 Å². The number of ether oxygens (including phenoxy) is 2. The number of carbonyl (C=O) groups excluding carboxylic acids is 1. The highest BCUT2D eigenvalue weighted by Crippen LogP contribution is 2.27. The van der Waals surface area contributed by atoms with E-state index in [0.717, 1.165) is 11.0 Å². The van der Waals surface area contributed by atoms with Gasteiger partial charge in [-0.1, -0.05) is 12.1 Å². The van der Waals surface area contributed by atoms with Gasteiger partial charge in [-0.25, -0.2) is 4.98 Å². The molecule has 1 aromatic heterocycles. The number of para-hydroxylation sites is 2. The van der Waals surface area contributed by atoms with Crippen LogP contribution < -0.4 is 9.47 Å². The van der Waals surface area contributed by atoms with Gasteiger partial charge in [0.2, 0.25) is 0 Å². The van der Waals surface area contributed by atoms with Crippen LogP contribution in [0.15, 0.2) is 48.8 Å². The van der Waals surface area contributed by atoms with Crippen molar-refractivity contribution in [2.75, 3.05) is 13.2 Å². The van der Waals surface area contributed by atoms with E-state index in [9.17, 15) is 4.79 Å². The van der Waals surface area contributed by atoms with Crippen LogP contribution in [0.1, 0.15) is 24.2 Å². The zero-order valence-electron chi connectivity index (χ0n) is 13.2. The Labute approximate surface area is 134 Å². The fourth-order valence-electron chi connectivity index (χ4n) is 2.46. The minimum Gasteiger partial charge on any atom is -0.494 e. The standard InChI is InChI=1S/C18H18N2O3/c1-3-22-13-9-10-14(17(11-13)23-4-2)18(21)20-12-19-15-7-5-6-8-16(15)20/h5-12H,3-4H2,1-2H3. The molecular weight excluding hydrogens is 292 g/mol. The van der Waals surface area contributed by atoms with Crippen LogP contribution in [0, 0.1) is 0 Å². The molecule has 0 aliphatic heterocycles. The van der Waals surface area contributed by atoms with Crippen molar-refractivity contribution in [1.82, 2.24) is 9.55 Å². The molecule has 118 valence electrons. The molecule has 1 heterocycles. The number of benzene rings is 2. The molecule has 0 aliphatic carbocycles. The third kappa shape index (κ3) is 2.90. The van der Waals surface area contributed by atoms with Crippen LogP contribution in [0.5, 0.6) is 11.5 Å². The lowest BCUT2D eigenvalue weighted by Gasteiger charge is -2.12. The van der Waals surface area contributed by atoms with E-state index in [1.165, 1.54) is 4.57 Å². The van der Waals surface area contributed by atoms with Gasteiger partial charge >= 0.3 is 0 Å². The molecule has 0 amide bonds. The van der Waals surface area contributed by atoms with Crippen LogP contribution in [0.3, 0.4) is 0 Å². The topological polar surface area (TPSA) is 53.4 Å². The van der Waals surface area contributed by atoms with Crippen molar-refractivity contribution in [1.29, 1.82) is 0 Å². The lowest BCUT2D eigenvalue weighted by atomic mass is 10.1. The molecule has 0 saturated heterocycles. The van der Waals surface area contributed by atoms with Gasteiger partial charge in [0.25, 0.3) is 5.91 Å². The molecule has 23 heavy (non-hydrogen) atoms. The Morgan fingerprint density at radius 3 is 2.65 bits per heavy atom. The Hall–Kier alpha value is -2.82. The highest BCUT2D eigenvalue weighted by molar-refractivity contribution is 6.03. The van der Waals surface area contributed by atoms with E-state index in [1.54, 1.807) is 24.5 Å². The van der Waals surface area contributed by atoms with Crippen LogP contribution in [0.2, 0.25) is 0 Å². The largest absolute Gasteiger partial charge is 0.494 e. The molecule has 0 fully saturated rings. The average molecular weight is 310 g/mol. The molecule has 0 spiro atoms. The molecule has 0 unspecified atom stereocenters. The SMILES string of the molecule is CCOc1ccc(C(=O)n2cnc3ccccc32)c(OCC)c1. The first kappa shape index (κ1) is 15.1. The fraction of sp³-hybridized carbons (Fsp3) is 0.222. The van der Waals surface area contributed by atoms with E-state index in [1.807, 2.05) is 38.1 Å². The number of nitrogens with zero attached hydrogens (tertiary/aromatic N) is 2. The second-order valence-corrected chi connectivity index (χ2v) is 4.93. The summed E-state index contributed by atoms with van der Waals surface area (Å²) in [5, 5.41) is 0. The summed E-state index contributed by atoms with van der Waals surface area (Å²) in [4.78, 5) is 17.2. The van der Waals surface area contributed by atoms with Crippen LogP contribution >= 0.6 is 0 Å². The van der Waals surface area contributed by atoms with Crippen molar-refractivity contribution >= 4 is 16.9 Å². The molecule has 0 bridgehead atoms. The Bertz CT molecular complexity index is 839. The number of aromatic nitrogens is 2. The van der Waals surface area contributed by atoms with Gasteiger partial charge in [0, 0.05) is 6.07 Å². The van der Waals surface area contributed by atoms with Crippen molar-refractivity contribution in [3.8, 4) is 11.5 Å². The Morgan fingerprint density at radius 2 is 1.87 bits per heavy atom. The number of rotatable bonds is 5. The maximum absolute atomic E-state index is 12.9. The lowest BCUT2D eigenvalue weighted by molar-refractivity contribution is 0.0960. The van der Waals surface area contributed by atoms with Crippen molar-refractivity contribution in [2.24, 2.45) is 0 Å². The molecule has 2 aromatic carbocycles. The molecule has 5 nitrogen and oxygen atoms in total. The molecule has 5 heteroatoms. The van der Waals surface area contributed by atoms with Gasteiger partial charge in [0.1, 0.15) is 17.8 Å². The number of carbonyl (C=O) groups is 1. The minimum absolute atomic E-state index is 0.176. The van der Waals surface area contributed by atoms with Crippen molar-refractivity contribution < 1.29 is 14.3 Å². The van der Waals surface area contributed by atoms with Crippen molar-refractivity contribution in [3.05, 3.63) is 54.4 Å². The predicted octanol–water partition coefficient (Wildman–Crippen LogP) is 3.52. The van der Waals surface area contributed by atoms with Gasteiger partial charge in [-0.2, -0.15) is 0 Å². The number of hydrogen-bond donors (Lipinski definition) is 0. The van der Waals surface area contributed by atoms with Crippen LogP contribution in [-0.2, 0) is 0 Å². The van der Waals surface area contributed by atoms with Crippen LogP contribution in [0.25, 0.3) is 11.0 Å². The monoisotopic (exact) mass is 310 g/mol. The minimum atomic E-state index is -0.176. The zero-order chi connectivity index (χ0) is 16.2. The van der Waals surface area contributed by atoms with Gasteiger partial charge in [0.05, 0.1) is 29.8 Å². The molecule has 0 radical (unpaired) electrons. The second kappa shape index (κ2) is 6.52. The summed E-state index contributed by atoms with van der Waals surface area (Å²) in [6, 6.07) is 12.8. The van der Waals surface area contributed by atoms with Gasteiger partial charge < -0.3 is 9.47 Å². The predicted molar refractivity (Wildman–Crippen MR) is 88.2 cm³/mol. The highest BCUT2D eigenvalue weighted by atomic mass is 16.5. The summed E-state index contributed by atoms with van der Waals surface area (Å²) in [6.45, 7) is 4.83. The quantitative estimate of drug-likeness (QED) is 0.723. The number of imidazole rings is 1. The lowest BCUT2D eigenvalue weighted by Crippen LogP contribution is -2.13. The molecule has 0 N–H and O–H groups in total.